The third-order valence-electron chi connectivity index (χ3n) is 2.06. The van der Waals surface area contributed by atoms with Gasteiger partial charge in [-0.25, -0.2) is 0 Å². The van der Waals surface area contributed by atoms with Crippen molar-refractivity contribution >= 4 is 0 Å². The zero-order chi connectivity index (χ0) is 8.97. The molecule has 1 heteroatoms. The van der Waals surface area contributed by atoms with Crippen molar-refractivity contribution in [3.63, 3.8) is 0 Å². The summed E-state index contributed by atoms with van der Waals surface area (Å²) in [6.07, 6.45) is 0.629. The first-order chi connectivity index (χ1) is 5.70. The number of aliphatic hydroxyl groups is 1. The molecule has 0 aliphatic rings. The highest BCUT2D eigenvalue weighted by Gasteiger charge is 2.07. The van der Waals surface area contributed by atoms with Crippen molar-refractivity contribution in [3.05, 3.63) is 35.9 Å². The topological polar surface area (TPSA) is 20.2 Å². The Morgan fingerprint density at radius 1 is 1.17 bits per heavy atom. The van der Waals surface area contributed by atoms with Gasteiger partial charge in [0.15, 0.2) is 0 Å². The molecule has 2 unspecified atom stereocenters. The van der Waals surface area contributed by atoms with E-state index >= 15 is 0 Å². The van der Waals surface area contributed by atoms with E-state index in [1.165, 1.54) is 5.56 Å². The number of hydrogen-bond donors (Lipinski definition) is 1. The fourth-order valence-corrected chi connectivity index (χ4v) is 1.43. The van der Waals surface area contributed by atoms with E-state index in [0.29, 0.717) is 5.92 Å². The summed E-state index contributed by atoms with van der Waals surface area (Å²) in [5.41, 5.74) is 1.30. The minimum atomic E-state index is -0.208. The van der Waals surface area contributed by atoms with Crippen molar-refractivity contribution in [3.8, 4) is 0 Å². The van der Waals surface area contributed by atoms with Crippen LogP contribution in [0.1, 0.15) is 31.7 Å². The molecule has 0 aliphatic heterocycles. The fraction of sp³-hybridized carbons (Fsp3) is 0.455. The molecule has 0 amide bonds. The van der Waals surface area contributed by atoms with Gasteiger partial charge in [0.05, 0.1) is 6.10 Å². The van der Waals surface area contributed by atoms with Crippen molar-refractivity contribution in [2.75, 3.05) is 0 Å². The Morgan fingerprint density at radius 3 is 2.25 bits per heavy atom. The Kier molecular flexibility index (Phi) is 3.30. The van der Waals surface area contributed by atoms with Gasteiger partial charge in [0.1, 0.15) is 0 Å². The lowest BCUT2D eigenvalue weighted by molar-refractivity contribution is 0.176. The molecule has 1 aromatic carbocycles. The predicted molar refractivity (Wildman–Crippen MR) is 51.2 cm³/mol. The van der Waals surface area contributed by atoms with Crippen LogP contribution in [0.5, 0.6) is 0 Å². The summed E-state index contributed by atoms with van der Waals surface area (Å²) in [7, 11) is 0. The number of hydrogen-bond acceptors (Lipinski definition) is 1. The highest BCUT2D eigenvalue weighted by Crippen LogP contribution is 2.19. The van der Waals surface area contributed by atoms with Gasteiger partial charge >= 0.3 is 0 Å². The molecule has 0 aliphatic carbocycles. The van der Waals surface area contributed by atoms with Gasteiger partial charge in [0, 0.05) is 0 Å². The smallest absolute Gasteiger partial charge is 0.0517 e. The molecule has 1 nitrogen and oxygen atoms in total. The SMILES string of the molecule is CC(O)CC(C)c1ccccc1. The molecule has 0 radical (unpaired) electrons. The van der Waals surface area contributed by atoms with E-state index in [-0.39, 0.29) is 6.10 Å². The van der Waals surface area contributed by atoms with E-state index in [4.69, 9.17) is 0 Å². The molecule has 1 rings (SSSR count). The van der Waals surface area contributed by atoms with Crippen molar-refractivity contribution in [1.29, 1.82) is 0 Å². The summed E-state index contributed by atoms with van der Waals surface area (Å²) in [6.45, 7) is 3.97. The quantitative estimate of drug-likeness (QED) is 0.728. The molecule has 0 spiro atoms. The Labute approximate surface area is 74.1 Å². The summed E-state index contributed by atoms with van der Waals surface area (Å²) >= 11 is 0. The molecule has 2 atom stereocenters. The Bertz CT molecular complexity index is 216. The zero-order valence-corrected chi connectivity index (χ0v) is 7.70. The summed E-state index contributed by atoms with van der Waals surface area (Å²) in [5, 5.41) is 9.18. The maximum absolute atomic E-state index is 9.18. The van der Waals surface area contributed by atoms with Crippen LogP contribution in [0, 0.1) is 0 Å². The number of benzene rings is 1. The highest BCUT2D eigenvalue weighted by molar-refractivity contribution is 5.18. The lowest BCUT2D eigenvalue weighted by atomic mass is 9.96. The van der Waals surface area contributed by atoms with Crippen molar-refractivity contribution in [2.45, 2.75) is 32.3 Å². The third-order valence-corrected chi connectivity index (χ3v) is 2.06. The molecule has 0 aromatic heterocycles. The third kappa shape index (κ3) is 2.67. The van der Waals surface area contributed by atoms with Gasteiger partial charge in [-0.1, -0.05) is 37.3 Å². The maximum Gasteiger partial charge on any atom is 0.0517 e. The van der Waals surface area contributed by atoms with Gasteiger partial charge < -0.3 is 5.11 Å². The van der Waals surface area contributed by atoms with E-state index in [2.05, 4.69) is 19.1 Å². The Balaban J connectivity index is 2.59. The minimum Gasteiger partial charge on any atom is -0.393 e. The van der Waals surface area contributed by atoms with Gasteiger partial charge in [-0.15, -0.1) is 0 Å². The van der Waals surface area contributed by atoms with Crippen LogP contribution in [0.3, 0.4) is 0 Å². The zero-order valence-electron chi connectivity index (χ0n) is 7.70. The standard InChI is InChI=1S/C11H16O/c1-9(8-10(2)12)11-6-4-3-5-7-11/h3-7,9-10,12H,8H2,1-2H3. The average Bonchev–Trinajstić information content (AvgIpc) is 2.05. The van der Waals surface area contributed by atoms with E-state index in [9.17, 15) is 5.11 Å². The molecule has 0 bridgehead atoms. The van der Waals surface area contributed by atoms with Crippen LogP contribution in [0.2, 0.25) is 0 Å². The fourth-order valence-electron chi connectivity index (χ4n) is 1.43. The van der Waals surface area contributed by atoms with Crippen LogP contribution >= 0.6 is 0 Å². The molecule has 0 fully saturated rings. The normalized spacial score (nSPS) is 15.6. The number of rotatable bonds is 3. The second-order valence-corrected chi connectivity index (χ2v) is 3.40. The van der Waals surface area contributed by atoms with Gasteiger partial charge in [0.2, 0.25) is 0 Å². The molecular formula is C11H16O. The summed E-state index contributed by atoms with van der Waals surface area (Å²) in [6, 6.07) is 10.3. The average molecular weight is 164 g/mol. The Hall–Kier alpha value is -0.820. The maximum atomic E-state index is 9.18. The second kappa shape index (κ2) is 4.27. The molecule has 1 N–H and O–H groups in total. The molecule has 1 aromatic rings. The van der Waals surface area contributed by atoms with Crippen LogP contribution in [-0.4, -0.2) is 11.2 Å². The lowest BCUT2D eigenvalue weighted by Crippen LogP contribution is -2.05. The highest BCUT2D eigenvalue weighted by atomic mass is 16.3. The van der Waals surface area contributed by atoms with Crippen LogP contribution in [-0.2, 0) is 0 Å². The first-order valence-electron chi connectivity index (χ1n) is 4.43. The van der Waals surface area contributed by atoms with Gasteiger partial charge in [0.25, 0.3) is 0 Å². The summed E-state index contributed by atoms with van der Waals surface area (Å²) in [4.78, 5) is 0. The van der Waals surface area contributed by atoms with E-state index in [1.54, 1.807) is 0 Å². The largest absolute Gasteiger partial charge is 0.393 e. The monoisotopic (exact) mass is 164 g/mol. The van der Waals surface area contributed by atoms with Crippen molar-refractivity contribution < 1.29 is 5.11 Å². The Morgan fingerprint density at radius 2 is 1.75 bits per heavy atom. The van der Waals surface area contributed by atoms with Gasteiger partial charge in [-0.05, 0) is 24.8 Å². The predicted octanol–water partition coefficient (Wildman–Crippen LogP) is 2.56. The molecule has 0 saturated heterocycles. The van der Waals surface area contributed by atoms with Crippen LogP contribution in [0.25, 0.3) is 0 Å². The minimum absolute atomic E-state index is 0.208. The van der Waals surface area contributed by atoms with Crippen molar-refractivity contribution in [1.82, 2.24) is 0 Å². The van der Waals surface area contributed by atoms with Crippen LogP contribution in [0.15, 0.2) is 30.3 Å². The second-order valence-electron chi connectivity index (χ2n) is 3.40. The summed E-state index contributed by atoms with van der Waals surface area (Å²) in [5.74, 6) is 0.450. The number of aliphatic hydroxyl groups excluding tert-OH is 1. The molecular weight excluding hydrogens is 148 g/mol. The van der Waals surface area contributed by atoms with E-state index < -0.39 is 0 Å². The molecule has 66 valence electrons. The van der Waals surface area contributed by atoms with Crippen LogP contribution < -0.4 is 0 Å². The van der Waals surface area contributed by atoms with Crippen molar-refractivity contribution in [2.24, 2.45) is 0 Å². The van der Waals surface area contributed by atoms with E-state index in [0.717, 1.165) is 6.42 Å². The molecule has 0 saturated carbocycles. The molecule has 12 heavy (non-hydrogen) atoms. The lowest BCUT2D eigenvalue weighted by Gasteiger charge is -2.12. The van der Waals surface area contributed by atoms with Crippen LogP contribution in [0.4, 0.5) is 0 Å². The van der Waals surface area contributed by atoms with Gasteiger partial charge in [-0.3, -0.25) is 0 Å². The van der Waals surface area contributed by atoms with Gasteiger partial charge in [-0.2, -0.15) is 0 Å². The molecule has 0 heterocycles. The van der Waals surface area contributed by atoms with E-state index in [1.807, 2.05) is 25.1 Å². The first kappa shape index (κ1) is 9.27. The summed E-state index contributed by atoms with van der Waals surface area (Å²) < 4.78 is 0. The first-order valence-corrected chi connectivity index (χ1v) is 4.43.